The van der Waals surface area contributed by atoms with E-state index in [2.05, 4.69) is 6.07 Å². The number of benzene rings is 2. The minimum atomic E-state index is -0.921. The summed E-state index contributed by atoms with van der Waals surface area (Å²) in [6, 6.07) is 19.3. The zero-order valence-electron chi connectivity index (χ0n) is 11.6. The monoisotopic (exact) mass is 267 g/mol. The van der Waals surface area contributed by atoms with Crippen LogP contribution in [-0.2, 0) is 10.5 Å². The summed E-state index contributed by atoms with van der Waals surface area (Å²) in [5.74, 6) is -0.151. The maximum Gasteiger partial charge on any atom is 0.150 e. The van der Waals surface area contributed by atoms with Crippen LogP contribution < -0.4 is 0 Å². The van der Waals surface area contributed by atoms with Gasteiger partial charge in [-0.25, -0.2) is 4.89 Å². The van der Waals surface area contributed by atoms with Crippen molar-refractivity contribution in [3.8, 4) is 6.07 Å². The zero-order chi connectivity index (χ0) is 14.6. The molecule has 2 rings (SSSR count). The molecule has 0 aliphatic carbocycles. The average molecular weight is 267 g/mol. The molecular weight excluding hydrogens is 250 g/mol. The molecule has 0 amide bonds. The highest BCUT2D eigenvalue weighted by Crippen LogP contribution is 2.33. The molecule has 3 nitrogen and oxygen atoms in total. The minimum absolute atomic E-state index is 0.151. The van der Waals surface area contributed by atoms with Gasteiger partial charge in [0.2, 0.25) is 0 Å². The van der Waals surface area contributed by atoms with E-state index in [4.69, 9.17) is 10.1 Å². The molecule has 20 heavy (non-hydrogen) atoms. The van der Waals surface area contributed by atoms with Crippen molar-refractivity contribution >= 4 is 0 Å². The Hall–Kier alpha value is -2.15. The maximum atomic E-state index is 9.36. The first-order chi connectivity index (χ1) is 9.61. The summed E-state index contributed by atoms with van der Waals surface area (Å²) in [6.07, 6.45) is 0. The normalized spacial score (nSPS) is 15.1. The molecule has 2 atom stereocenters. The minimum Gasteiger partial charge on any atom is -0.251 e. The molecule has 0 radical (unpaired) electrons. The van der Waals surface area contributed by atoms with Crippen LogP contribution in [0.1, 0.15) is 36.5 Å². The summed E-state index contributed by atoms with van der Waals surface area (Å²) < 4.78 is 0. The van der Waals surface area contributed by atoms with Gasteiger partial charge in [-0.15, -0.1) is 0 Å². The number of hydrogen-bond donors (Lipinski definition) is 1. The molecule has 0 aliphatic heterocycles. The van der Waals surface area contributed by atoms with Crippen molar-refractivity contribution in [2.45, 2.75) is 25.4 Å². The highest BCUT2D eigenvalue weighted by molar-refractivity contribution is 5.38. The highest BCUT2D eigenvalue weighted by atomic mass is 17.1. The molecule has 2 aromatic carbocycles. The summed E-state index contributed by atoms with van der Waals surface area (Å²) in [4.78, 5) is 4.77. The second-order valence-electron chi connectivity index (χ2n) is 4.96. The Morgan fingerprint density at radius 2 is 1.60 bits per heavy atom. The van der Waals surface area contributed by atoms with E-state index >= 15 is 0 Å². The Labute approximate surface area is 119 Å². The van der Waals surface area contributed by atoms with Gasteiger partial charge in [-0.1, -0.05) is 54.6 Å². The van der Waals surface area contributed by atoms with Crippen LogP contribution in [0.25, 0.3) is 0 Å². The van der Waals surface area contributed by atoms with Crippen LogP contribution in [0.3, 0.4) is 0 Å². The van der Waals surface area contributed by atoms with Crippen molar-refractivity contribution in [3.63, 3.8) is 0 Å². The summed E-state index contributed by atoms with van der Waals surface area (Å²) in [5, 5.41) is 18.3. The third-order valence-electron chi connectivity index (χ3n) is 3.66. The van der Waals surface area contributed by atoms with Crippen LogP contribution in [0.5, 0.6) is 0 Å². The molecule has 0 heterocycles. The fourth-order valence-corrected chi connectivity index (χ4v) is 2.19. The van der Waals surface area contributed by atoms with Gasteiger partial charge in [0, 0.05) is 0 Å². The maximum absolute atomic E-state index is 9.36. The van der Waals surface area contributed by atoms with Crippen LogP contribution >= 0.6 is 0 Å². The third-order valence-corrected chi connectivity index (χ3v) is 3.66. The van der Waals surface area contributed by atoms with Crippen molar-refractivity contribution in [1.82, 2.24) is 0 Å². The van der Waals surface area contributed by atoms with Gasteiger partial charge in [0.25, 0.3) is 0 Å². The van der Waals surface area contributed by atoms with E-state index in [1.807, 2.05) is 68.4 Å². The van der Waals surface area contributed by atoms with Crippen LogP contribution in [-0.4, -0.2) is 5.26 Å². The molecule has 0 bridgehead atoms. The third kappa shape index (κ3) is 2.57. The predicted molar refractivity (Wildman–Crippen MR) is 77.1 cm³/mol. The topological polar surface area (TPSA) is 53.2 Å². The molecule has 0 aromatic heterocycles. The molecule has 1 N–H and O–H groups in total. The lowest BCUT2D eigenvalue weighted by Gasteiger charge is -2.27. The lowest BCUT2D eigenvalue weighted by molar-refractivity contribution is -0.310. The first kappa shape index (κ1) is 14.3. The Morgan fingerprint density at radius 1 is 1.05 bits per heavy atom. The summed E-state index contributed by atoms with van der Waals surface area (Å²) in [5.41, 5.74) is 1.73. The number of nitriles is 1. The summed E-state index contributed by atoms with van der Waals surface area (Å²) in [7, 11) is 0. The van der Waals surface area contributed by atoms with Crippen LogP contribution in [0, 0.1) is 11.3 Å². The first-order valence-electron chi connectivity index (χ1n) is 6.50. The predicted octanol–water partition coefficient (Wildman–Crippen LogP) is 4.07. The largest absolute Gasteiger partial charge is 0.251 e. The summed E-state index contributed by atoms with van der Waals surface area (Å²) >= 11 is 0. The van der Waals surface area contributed by atoms with Crippen molar-refractivity contribution in [2.24, 2.45) is 0 Å². The molecule has 0 aliphatic rings. The first-order valence-corrected chi connectivity index (χ1v) is 6.50. The van der Waals surface area contributed by atoms with E-state index in [1.54, 1.807) is 0 Å². The molecule has 3 heteroatoms. The van der Waals surface area contributed by atoms with Crippen molar-refractivity contribution < 1.29 is 10.1 Å². The molecule has 0 spiro atoms. The Balaban J connectivity index is 2.40. The Kier molecular flexibility index (Phi) is 4.19. The van der Waals surface area contributed by atoms with Gasteiger partial charge < -0.3 is 0 Å². The summed E-state index contributed by atoms with van der Waals surface area (Å²) in [6.45, 7) is 3.67. The van der Waals surface area contributed by atoms with E-state index in [1.165, 1.54) is 0 Å². The van der Waals surface area contributed by atoms with Gasteiger partial charge in [0.15, 0.2) is 5.60 Å². The molecule has 0 fully saturated rings. The molecule has 2 unspecified atom stereocenters. The van der Waals surface area contributed by atoms with Gasteiger partial charge >= 0.3 is 0 Å². The average Bonchev–Trinajstić information content (AvgIpc) is 2.54. The number of nitrogens with zero attached hydrogens (tertiary/aromatic N) is 1. The highest BCUT2D eigenvalue weighted by Gasteiger charge is 2.30. The molecule has 0 saturated carbocycles. The fraction of sp³-hybridized carbons (Fsp3) is 0.235. The zero-order valence-corrected chi connectivity index (χ0v) is 11.6. The molecular formula is C17H17NO2. The van der Waals surface area contributed by atoms with Crippen LogP contribution in [0.2, 0.25) is 0 Å². The molecule has 0 saturated heterocycles. The van der Waals surface area contributed by atoms with Gasteiger partial charge in [-0.2, -0.15) is 5.26 Å². The van der Waals surface area contributed by atoms with E-state index in [0.29, 0.717) is 0 Å². The van der Waals surface area contributed by atoms with Crippen LogP contribution in [0.15, 0.2) is 54.6 Å². The number of rotatable bonds is 4. The quantitative estimate of drug-likeness (QED) is 0.671. The van der Waals surface area contributed by atoms with Crippen molar-refractivity contribution in [1.29, 1.82) is 5.26 Å². The number of hydrogen-bond acceptors (Lipinski definition) is 3. The Morgan fingerprint density at radius 3 is 2.10 bits per heavy atom. The van der Waals surface area contributed by atoms with E-state index in [9.17, 15) is 5.26 Å². The van der Waals surface area contributed by atoms with Crippen molar-refractivity contribution in [3.05, 3.63) is 71.3 Å². The van der Waals surface area contributed by atoms with Crippen molar-refractivity contribution in [2.75, 3.05) is 0 Å². The van der Waals surface area contributed by atoms with E-state index in [0.717, 1.165) is 16.7 Å². The van der Waals surface area contributed by atoms with Crippen LogP contribution in [0.4, 0.5) is 0 Å². The lowest BCUT2D eigenvalue weighted by atomic mass is 9.87. The van der Waals surface area contributed by atoms with E-state index < -0.39 is 5.60 Å². The van der Waals surface area contributed by atoms with Gasteiger partial charge in [0.1, 0.15) is 0 Å². The Bertz CT molecular complexity index is 601. The van der Waals surface area contributed by atoms with Gasteiger partial charge in [-0.3, -0.25) is 5.26 Å². The molecule has 102 valence electrons. The van der Waals surface area contributed by atoms with Gasteiger partial charge in [0.05, 0.1) is 12.0 Å². The lowest BCUT2D eigenvalue weighted by Crippen LogP contribution is -2.26. The SMILES string of the molecule is CC(C#N)c1ccc(C(C)(OO)c2ccccc2)cc1. The van der Waals surface area contributed by atoms with Gasteiger partial charge in [-0.05, 0) is 30.5 Å². The standard InChI is InChI=1S/C17H17NO2/c1-13(12-18)14-8-10-16(11-9-14)17(2,20-19)15-6-4-3-5-7-15/h3-11,13,19H,1-2H3. The second-order valence-corrected chi connectivity index (χ2v) is 4.96. The fourth-order valence-electron chi connectivity index (χ4n) is 2.19. The molecule has 2 aromatic rings. The van der Waals surface area contributed by atoms with E-state index in [-0.39, 0.29) is 5.92 Å². The smallest absolute Gasteiger partial charge is 0.150 e. The second kappa shape index (κ2) is 5.87.